The second kappa shape index (κ2) is 23.8. The molecule has 0 bridgehead atoms. The zero-order valence-corrected chi connectivity index (χ0v) is 56.7. The van der Waals surface area contributed by atoms with E-state index in [1.165, 1.54) is 200 Å². The Hall–Kier alpha value is -11.7. The van der Waals surface area contributed by atoms with Crippen LogP contribution in [0.3, 0.4) is 0 Å². The maximum atomic E-state index is 2.43. The molecule has 0 saturated heterocycles. The number of fused-ring (bicyclic) bond motifs is 36. The monoisotopic (exact) mass is 1290 g/mol. The van der Waals surface area contributed by atoms with Crippen molar-refractivity contribution in [3.8, 4) is 100 Å². The molecule has 21 rings (SSSR count). The molecular weight excluding hydrogens is 1210 g/mol. The summed E-state index contributed by atoms with van der Waals surface area (Å²) in [4.78, 5) is 0. The minimum absolute atomic E-state index is 0. The smallest absolute Gasteiger partial charge is 0.0725 e. The van der Waals surface area contributed by atoms with Crippen molar-refractivity contribution in [1.29, 1.82) is 0 Å². The van der Waals surface area contributed by atoms with E-state index in [4.69, 9.17) is 0 Å². The summed E-state index contributed by atoms with van der Waals surface area (Å²) >= 11 is 0. The summed E-state index contributed by atoms with van der Waals surface area (Å²) < 4.78 is 0. The average Bonchev–Trinajstić information content (AvgIpc) is 1.43. The van der Waals surface area contributed by atoms with Crippen molar-refractivity contribution in [2.75, 3.05) is 0 Å². The van der Waals surface area contributed by atoms with Gasteiger partial charge in [0.1, 0.15) is 0 Å². The standard InChI is InChI=1S/3C33H24.2CH4/c1-21-18-19-26-24-12-4-3-11-23(24)25-13-5-7-15-28(25)33(31(26)20-21)29-16-8-6-14-27(29)32-22(2)10-9-17-30(32)33;1-21-16-18-31-28(19-21)26-12-6-8-14-30(26)33(31)29-13-7-5-11-25(29)23-9-3-4-10-24(23)27-17-15-22(2)20-32(27)33;1-21-15-17-27-24-10-4-3-9-23(24)25-11-5-7-13-29(25)33(31(27)19-21)30-14-8-6-12-26(30)28-18-16-22(2)20-32(28)33;;/h3*3-20H,1-2H3;2*1H4. The topological polar surface area (TPSA) is 0 Å². The summed E-state index contributed by atoms with van der Waals surface area (Å²) in [6.07, 6.45) is 0. The van der Waals surface area contributed by atoms with E-state index in [9.17, 15) is 0 Å². The first-order valence-corrected chi connectivity index (χ1v) is 35.1. The lowest BCUT2D eigenvalue weighted by Gasteiger charge is -2.35. The molecule has 0 aromatic heterocycles. The van der Waals surface area contributed by atoms with Crippen LogP contribution in [0.5, 0.6) is 0 Å². The SMILES string of the molecule is C.C.Cc1ccc2c(c1)-c1ccccc1C21c2ccccc2-c2ccccc2-c2ccc(C)cc21.Cc1ccc2c(c1)C1(c3ccccc3-c3ccccc3-2)c2ccccc2-c2c(C)cccc21.Cc1ccc2c(c1)C1(c3ccccc3-c3ccccc3-2)c2ccccc2-c2ccc(C)cc21. The van der Waals surface area contributed by atoms with E-state index in [0.29, 0.717) is 0 Å². The molecule has 6 aliphatic rings. The van der Waals surface area contributed by atoms with Crippen LogP contribution in [0.1, 0.15) is 115 Å². The molecule has 15 aromatic carbocycles. The molecule has 0 heteroatoms. The van der Waals surface area contributed by atoms with Gasteiger partial charge < -0.3 is 0 Å². The Morgan fingerprint density at radius 3 is 0.703 bits per heavy atom. The number of benzene rings is 15. The summed E-state index contributed by atoms with van der Waals surface area (Å²) in [5, 5.41) is 0. The van der Waals surface area contributed by atoms with Gasteiger partial charge in [-0.2, -0.15) is 0 Å². The number of rotatable bonds is 0. The van der Waals surface area contributed by atoms with Crippen molar-refractivity contribution in [2.24, 2.45) is 0 Å². The number of hydrogen-bond donors (Lipinski definition) is 0. The Bertz CT molecular complexity index is 5760. The van der Waals surface area contributed by atoms with Crippen molar-refractivity contribution >= 4 is 0 Å². The largest absolute Gasteiger partial charge is 0.0776 e. The highest BCUT2D eigenvalue weighted by Crippen LogP contribution is 2.66. The Morgan fingerprint density at radius 2 is 0.356 bits per heavy atom. The van der Waals surface area contributed by atoms with Crippen molar-refractivity contribution in [1.82, 2.24) is 0 Å². The second-order valence-electron chi connectivity index (χ2n) is 28.4. The lowest BCUT2D eigenvalue weighted by molar-refractivity contribution is 0.773. The third-order valence-corrected chi connectivity index (χ3v) is 22.9. The van der Waals surface area contributed by atoms with Crippen LogP contribution in [-0.2, 0) is 16.2 Å². The van der Waals surface area contributed by atoms with E-state index in [2.05, 4.69) is 369 Å². The Balaban J connectivity index is 0.000000112. The molecule has 0 amide bonds. The van der Waals surface area contributed by atoms with Gasteiger partial charge in [-0.15, -0.1) is 0 Å². The molecule has 0 radical (unpaired) electrons. The van der Waals surface area contributed by atoms with Crippen molar-refractivity contribution in [2.45, 2.75) is 72.6 Å². The highest BCUT2D eigenvalue weighted by Gasteiger charge is 2.53. The molecule has 0 nitrogen and oxygen atoms in total. The lowest BCUT2D eigenvalue weighted by atomic mass is 9.65. The predicted molar refractivity (Wildman–Crippen MR) is 426 cm³/mol. The van der Waals surface area contributed by atoms with Crippen LogP contribution in [0.25, 0.3) is 100 Å². The fourth-order valence-electron chi connectivity index (χ4n) is 19.1. The average molecular weight is 1290 g/mol. The molecule has 484 valence electrons. The van der Waals surface area contributed by atoms with Gasteiger partial charge in [0.15, 0.2) is 0 Å². The molecule has 15 aromatic rings. The van der Waals surface area contributed by atoms with E-state index in [1.54, 1.807) is 0 Å². The van der Waals surface area contributed by atoms with Crippen molar-refractivity contribution < 1.29 is 0 Å². The fraction of sp³-hybridized carbons (Fsp3) is 0.109. The van der Waals surface area contributed by atoms with E-state index in [1.807, 2.05) is 0 Å². The van der Waals surface area contributed by atoms with Crippen molar-refractivity contribution in [3.63, 3.8) is 0 Å². The maximum absolute atomic E-state index is 2.43. The van der Waals surface area contributed by atoms with Crippen LogP contribution < -0.4 is 0 Å². The molecule has 3 spiro atoms. The summed E-state index contributed by atoms with van der Waals surface area (Å²) in [5.74, 6) is 0. The zero-order valence-electron chi connectivity index (χ0n) is 56.7. The number of aryl methyl sites for hydroxylation is 6. The molecule has 0 saturated carbocycles. The van der Waals surface area contributed by atoms with Gasteiger partial charge in [0.05, 0.1) is 16.2 Å². The highest BCUT2D eigenvalue weighted by atomic mass is 14.5. The minimum atomic E-state index is -0.352. The van der Waals surface area contributed by atoms with E-state index >= 15 is 0 Å². The van der Waals surface area contributed by atoms with Crippen molar-refractivity contribution in [3.05, 3.63) is 428 Å². The van der Waals surface area contributed by atoms with Gasteiger partial charge in [-0.05, 0) is 214 Å². The van der Waals surface area contributed by atoms with Gasteiger partial charge in [-0.1, -0.05) is 370 Å². The van der Waals surface area contributed by atoms with E-state index in [-0.39, 0.29) is 31.1 Å². The van der Waals surface area contributed by atoms with Crippen LogP contribution >= 0.6 is 0 Å². The molecule has 0 heterocycles. The maximum Gasteiger partial charge on any atom is 0.0725 e. The molecular formula is C101H80. The molecule has 6 aliphatic carbocycles. The Morgan fingerprint density at radius 1 is 0.149 bits per heavy atom. The third-order valence-electron chi connectivity index (χ3n) is 22.9. The summed E-state index contributed by atoms with van der Waals surface area (Å²) in [6, 6.07) is 123. The third kappa shape index (κ3) is 8.74. The molecule has 101 heavy (non-hydrogen) atoms. The molecule has 0 fully saturated rings. The molecule has 3 atom stereocenters. The summed E-state index contributed by atoms with van der Waals surface area (Å²) in [7, 11) is 0. The quantitative estimate of drug-likeness (QED) is 0.142. The van der Waals surface area contributed by atoms with Crippen LogP contribution in [-0.4, -0.2) is 0 Å². The zero-order chi connectivity index (χ0) is 66.5. The summed E-state index contributed by atoms with van der Waals surface area (Å²) in [5.41, 5.74) is 47.4. The highest BCUT2D eigenvalue weighted by molar-refractivity contribution is 6.01. The first kappa shape index (κ1) is 62.8. The second-order valence-corrected chi connectivity index (χ2v) is 28.4. The van der Waals surface area contributed by atoms with Gasteiger partial charge >= 0.3 is 0 Å². The van der Waals surface area contributed by atoms with Crippen LogP contribution in [0.4, 0.5) is 0 Å². The Kier molecular flexibility index (Phi) is 14.8. The first-order valence-electron chi connectivity index (χ1n) is 35.1. The molecule has 3 unspecified atom stereocenters. The van der Waals surface area contributed by atoms with Gasteiger partial charge in [0.25, 0.3) is 0 Å². The van der Waals surface area contributed by atoms with E-state index < -0.39 is 0 Å². The van der Waals surface area contributed by atoms with Crippen LogP contribution in [0.2, 0.25) is 0 Å². The van der Waals surface area contributed by atoms with E-state index in [0.717, 1.165) is 0 Å². The van der Waals surface area contributed by atoms with Crippen LogP contribution in [0.15, 0.2) is 328 Å². The van der Waals surface area contributed by atoms with Gasteiger partial charge in [-0.25, -0.2) is 0 Å². The number of hydrogen-bond acceptors (Lipinski definition) is 0. The molecule has 0 N–H and O–H groups in total. The first-order chi connectivity index (χ1) is 48.6. The van der Waals surface area contributed by atoms with Gasteiger partial charge in [0, 0.05) is 0 Å². The van der Waals surface area contributed by atoms with Crippen LogP contribution in [0, 0.1) is 41.5 Å². The summed E-state index contributed by atoms with van der Waals surface area (Å²) in [6.45, 7) is 13.3. The normalized spacial score (nSPS) is 16.6. The molecule has 0 aliphatic heterocycles. The predicted octanol–water partition coefficient (Wildman–Crippen LogP) is 26.2. The lowest BCUT2D eigenvalue weighted by Crippen LogP contribution is -2.29. The minimum Gasteiger partial charge on any atom is -0.0776 e. The van der Waals surface area contributed by atoms with Gasteiger partial charge in [0.2, 0.25) is 0 Å². The Labute approximate surface area is 596 Å². The van der Waals surface area contributed by atoms with Gasteiger partial charge in [-0.3, -0.25) is 0 Å². The fourth-order valence-corrected chi connectivity index (χ4v) is 19.1.